The Labute approximate surface area is 211 Å². The lowest BCUT2D eigenvalue weighted by Gasteiger charge is -2.40. The number of piperidine rings is 1. The molecular weight excluding hydrogens is 464 g/mol. The van der Waals surface area contributed by atoms with Crippen LogP contribution in [0.5, 0.6) is 0 Å². The fourth-order valence-electron chi connectivity index (χ4n) is 5.98. The number of aliphatic hydroxyl groups excluding tert-OH is 1. The Morgan fingerprint density at radius 2 is 1.80 bits per heavy atom. The molecule has 1 spiro atoms. The second-order valence-corrected chi connectivity index (χ2v) is 10.6. The number of aliphatic hydroxyl groups is 1. The molecule has 0 radical (unpaired) electrons. The van der Waals surface area contributed by atoms with Gasteiger partial charge in [0.1, 0.15) is 5.82 Å². The van der Waals surface area contributed by atoms with Crippen molar-refractivity contribution in [2.24, 2.45) is 5.41 Å². The summed E-state index contributed by atoms with van der Waals surface area (Å²) < 4.78 is 0. The Morgan fingerprint density at radius 1 is 1.09 bits per heavy atom. The van der Waals surface area contributed by atoms with Crippen molar-refractivity contribution in [2.75, 3.05) is 31.6 Å². The summed E-state index contributed by atoms with van der Waals surface area (Å²) in [5.74, 6) is 0.922. The third-order valence-electron chi connectivity index (χ3n) is 8.18. The van der Waals surface area contributed by atoms with E-state index in [2.05, 4.69) is 20.1 Å². The minimum Gasteiger partial charge on any atom is -0.393 e. The SMILES string of the molecule is CNC(=O)c1cccc(-c2cnc(N3CCC4(CC3)CCN([C@H]3CC[C@@H](O)CC3)C4=O)c(Cl)c2)c1. The van der Waals surface area contributed by atoms with E-state index < -0.39 is 0 Å². The molecule has 2 amide bonds. The van der Waals surface area contributed by atoms with Gasteiger partial charge in [0, 0.05) is 50.0 Å². The van der Waals surface area contributed by atoms with Gasteiger partial charge in [0.2, 0.25) is 5.91 Å². The van der Waals surface area contributed by atoms with Crippen LogP contribution in [0, 0.1) is 5.41 Å². The van der Waals surface area contributed by atoms with E-state index in [4.69, 9.17) is 11.6 Å². The zero-order chi connectivity index (χ0) is 24.6. The third kappa shape index (κ3) is 4.64. The summed E-state index contributed by atoms with van der Waals surface area (Å²) in [6.07, 6.45) is 7.55. The number of nitrogens with zero attached hydrogens (tertiary/aromatic N) is 3. The Hall–Kier alpha value is -2.64. The van der Waals surface area contributed by atoms with Crippen molar-refractivity contribution in [3.05, 3.63) is 47.1 Å². The Balaban J connectivity index is 1.25. The van der Waals surface area contributed by atoms with Crippen LogP contribution in [0.3, 0.4) is 0 Å². The third-order valence-corrected chi connectivity index (χ3v) is 8.46. The van der Waals surface area contributed by atoms with Crippen LogP contribution in [0.25, 0.3) is 11.1 Å². The van der Waals surface area contributed by atoms with E-state index >= 15 is 0 Å². The highest BCUT2D eigenvalue weighted by molar-refractivity contribution is 6.33. The van der Waals surface area contributed by atoms with Crippen molar-refractivity contribution >= 4 is 29.2 Å². The maximum Gasteiger partial charge on any atom is 0.251 e. The van der Waals surface area contributed by atoms with E-state index in [1.807, 2.05) is 24.3 Å². The molecule has 1 aromatic heterocycles. The topological polar surface area (TPSA) is 85.8 Å². The number of carbonyl (C=O) groups is 2. The van der Waals surface area contributed by atoms with Gasteiger partial charge in [-0.25, -0.2) is 4.98 Å². The van der Waals surface area contributed by atoms with Crippen LogP contribution < -0.4 is 10.2 Å². The van der Waals surface area contributed by atoms with Crippen LogP contribution in [-0.2, 0) is 4.79 Å². The second kappa shape index (κ2) is 9.78. The van der Waals surface area contributed by atoms with E-state index in [-0.39, 0.29) is 23.5 Å². The van der Waals surface area contributed by atoms with Gasteiger partial charge in [0.25, 0.3) is 5.91 Å². The number of halogens is 1. The molecule has 3 fully saturated rings. The molecule has 5 rings (SSSR count). The molecular formula is C27H33ClN4O3. The summed E-state index contributed by atoms with van der Waals surface area (Å²) in [5.41, 5.74) is 2.07. The molecule has 7 nitrogen and oxygen atoms in total. The molecule has 1 aliphatic carbocycles. The van der Waals surface area contributed by atoms with Gasteiger partial charge in [-0.05, 0) is 68.7 Å². The molecule has 2 N–H and O–H groups in total. The number of carbonyl (C=O) groups excluding carboxylic acids is 2. The Morgan fingerprint density at radius 3 is 2.49 bits per heavy atom. The summed E-state index contributed by atoms with van der Waals surface area (Å²) in [6, 6.07) is 9.59. The Kier molecular flexibility index (Phi) is 6.73. The fraction of sp³-hybridized carbons (Fsp3) is 0.519. The van der Waals surface area contributed by atoms with Crippen LogP contribution in [0.15, 0.2) is 36.5 Å². The molecule has 0 bridgehead atoms. The summed E-state index contributed by atoms with van der Waals surface area (Å²) in [4.78, 5) is 34.4. The van der Waals surface area contributed by atoms with Crippen molar-refractivity contribution in [1.29, 1.82) is 0 Å². The predicted octanol–water partition coefficient (Wildman–Crippen LogP) is 3.88. The zero-order valence-electron chi connectivity index (χ0n) is 20.2. The number of anilines is 1. The van der Waals surface area contributed by atoms with E-state index in [9.17, 15) is 14.7 Å². The van der Waals surface area contributed by atoms with Crippen molar-refractivity contribution in [2.45, 2.75) is 57.1 Å². The average molecular weight is 497 g/mol. The van der Waals surface area contributed by atoms with Crippen molar-refractivity contribution < 1.29 is 14.7 Å². The fourth-order valence-corrected chi connectivity index (χ4v) is 6.27. The lowest BCUT2D eigenvalue weighted by molar-refractivity contribution is -0.139. The molecule has 35 heavy (non-hydrogen) atoms. The number of amides is 2. The van der Waals surface area contributed by atoms with E-state index in [1.54, 1.807) is 19.3 Å². The van der Waals surface area contributed by atoms with E-state index in [0.717, 1.165) is 81.5 Å². The lowest BCUT2D eigenvalue weighted by Crippen LogP contribution is -2.47. The second-order valence-electron chi connectivity index (χ2n) is 10.2. The van der Waals surface area contributed by atoms with Crippen LogP contribution in [0.1, 0.15) is 55.3 Å². The summed E-state index contributed by atoms with van der Waals surface area (Å²) >= 11 is 6.68. The molecule has 3 aliphatic rings. The molecule has 3 heterocycles. The first-order valence-corrected chi connectivity index (χ1v) is 13.0. The number of nitrogens with one attached hydrogen (secondary N) is 1. The van der Waals surface area contributed by atoms with Crippen molar-refractivity contribution in [3.8, 4) is 11.1 Å². The first kappa shape index (κ1) is 24.1. The lowest BCUT2D eigenvalue weighted by atomic mass is 9.77. The largest absolute Gasteiger partial charge is 0.393 e. The highest BCUT2D eigenvalue weighted by atomic mass is 35.5. The van der Waals surface area contributed by atoms with Gasteiger partial charge in [-0.1, -0.05) is 23.7 Å². The summed E-state index contributed by atoms with van der Waals surface area (Å²) in [5, 5.41) is 13.0. The average Bonchev–Trinajstić information content (AvgIpc) is 3.20. The number of aromatic nitrogens is 1. The molecule has 0 unspecified atom stereocenters. The molecule has 2 saturated heterocycles. The number of hydrogen-bond donors (Lipinski definition) is 2. The van der Waals surface area contributed by atoms with Crippen LogP contribution in [0.4, 0.5) is 5.82 Å². The Bertz CT molecular complexity index is 1110. The van der Waals surface area contributed by atoms with Crippen molar-refractivity contribution in [3.63, 3.8) is 0 Å². The highest BCUT2D eigenvalue weighted by Crippen LogP contribution is 2.45. The maximum atomic E-state index is 13.4. The standard InChI is InChI=1S/C27H33ClN4O3/c1-29-25(34)19-4-2-3-18(15-19)20-16-23(28)24(30-17-20)31-12-9-27(10-13-31)11-14-32(26(27)35)21-5-7-22(33)8-6-21/h2-4,15-17,21-22,33H,5-14H2,1H3,(H,29,34)/t21-,22+. The van der Waals surface area contributed by atoms with Crippen LogP contribution >= 0.6 is 11.6 Å². The van der Waals surface area contributed by atoms with E-state index in [0.29, 0.717) is 16.5 Å². The first-order valence-electron chi connectivity index (χ1n) is 12.6. The van der Waals surface area contributed by atoms with Gasteiger partial charge in [0.15, 0.2) is 0 Å². The van der Waals surface area contributed by atoms with Gasteiger partial charge in [-0.3, -0.25) is 9.59 Å². The van der Waals surface area contributed by atoms with Gasteiger partial charge in [-0.15, -0.1) is 0 Å². The molecule has 8 heteroatoms. The van der Waals surface area contributed by atoms with E-state index in [1.165, 1.54) is 0 Å². The molecule has 1 aromatic carbocycles. The van der Waals surface area contributed by atoms with Gasteiger partial charge in [-0.2, -0.15) is 0 Å². The minimum absolute atomic E-state index is 0.133. The number of pyridine rings is 1. The minimum atomic E-state index is -0.265. The number of likely N-dealkylation sites (tertiary alicyclic amines) is 1. The first-order chi connectivity index (χ1) is 16.9. The quantitative estimate of drug-likeness (QED) is 0.670. The number of benzene rings is 1. The van der Waals surface area contributed by atoms with Gasteiger partial charge >= 0.3 is 0 Å². The molecule has 186 valence electrons. The number of hydrogen-bond acceptors (Lipinski definition) is 5. The smallest absolute Gasteiger partial charge is 0.251 e. The number of rotatable bonds is 4. The molecule has 2 aliphatic heterocycles. The normalized spacial score (nSPS) is 24.1. The van der Waals surface area contributed by atoms with Gasteiger partial charge < -0.3 is 20.2 Å². The molecule has 2 aromatic rings. The molecule has 0 atom stereocenters. The van der Waals surface area contributed by atoms with Crippen LogP contribution in [-0.4, -0.2) is 65.6 Å². The summed E-state index contributed by atoms with van der Waals surface area (Å²) in [7, 11) is 1.61. The zero-order valence-corrected chi connectivity index (χ0v) is 20.9. The predicted molar refractivity (Wildman–Crippen MR) is 137 cm³/mol. The van der Waals surface area contributed by atoms with Crippen LogP contribution in [0.2, 0.25) is 5.02 Å². The molecule has 1 saturated carbocycles. The monoisotopic (exact) mass is 496 g/mol. The maximum absolute atomic E-state index is 13.4. The van der Waals surface area contributed by atoms with Crippen molar-refractivity contribution in [1.82, 2.24) is 15.2 Å². The highest BCUT2D eigenvalue weighted by Gasteiger charge is 2.50. The summed E-state index contributed by atoms with van der Waals surface area (Å²) in [6.45, 7) is 2.34. The van der Waals surface area contributed by atoms with Gasteiger partial charge in [0.05, 0.1) is 16.5 Å².